The highest BCUT2D eigenvalue weighted by Crippen LogP contribution is 2.22. The van der Waals surface area contributed by atoms with Gasteiger partial charge < -0.3 is 10.6 Å². The highest BCUT2D eigenvalue weighted by atomic mass is 16.1. The number of hydrogen-bond donors (Lipinski definition) is 2. The van der Waals surface area contributed by atoms with Crippen molar-refractivity contribution in [2.75, 3.05) is 13.1 Å². The van der Waals surface area contributed by atoms with Crippen LogP contribution in [0.3, 0.4) is 0 Å². The van der Waals surface area contributed by atoms with Crippen molar-refractivity contribution in [2.45, 2.75) is 25.8 Å². The number of aromatic nitrogens is 2. The zero-order valence-electron chi connectivity index (χ0n) is 13.1. The van der Waals surface area contributed by atoms with Gasteiger partial charge in [-0.3, -0.25) is 9.48 Å². The summed E-state index contributed by atoms with van der Waals surface area (Å²) in [6.07, 6.45) is 3.59. The number of carbonyl (C=O) groups is 1. The number of amides is 1. The van der Waals surface area contributed by atoms with Crippen LogP contribution in [-0.2, 0) is 19.9 Å². The van der Waals surface area contributed by atoms with Crippen molar-refractivity contribution in [1.29, 1.82) is 0 Å². The average molecular weight is 298 g/mol. The first-order chi connectivity index (χ1) is 10.7. The molecule has 3 rings (SSSR count). The van der Waals surface area contributed by atoms with Gasteiger partial charge in [0.2, 0.25) is 0 Å². The van der Waals surface area contributed by atoms with Gasteiger partial charge in [0, 0.05) is 25.8 Å². The third-order valence-corrected chi connectivity index (χ3v) is 4.17. The molecule has 0 radical (unpaired) electrons. The second-order valence-electron chi connectivity index (χ2n) is 5.68. The summed E-state index contributed by atoms with van der Waals surface area (Å²) in [7, 11) is 1.84. The van der Waals surface area contributed by atoms with Crippen LogP contribution in [0, 0.1) is 0 Å². The van der Waals surface area contributed by atoms with Gasteiger partial charge >= 0.3 is 0 Å². The molecule has 0 spiro atoms. The number of carbonyl (C=O) groups excluding carboxylic acids is 1. The number of rotatable bonds is 4. The Morgan fingerprint density at radius 3 is 3.09 bits per heavy atom. The van der Waals surface area contributed by atoms with Crippen LogP contribution in [0.2, 0.25) is 0 Å². The Kier molecular flexibility index (Phi) is 4.24. The van der Waals surface area contributed by atoms with Gasteiger partial charge in [0.25, 0.3) is 5.91 Å². The van der Waals surface area contributed by atoms with Crippen LogP contribution in [0.25, 0.3) is 0 Å². The van der Waals surface area contributed by atoms with Crippen molar-refractivity contribution in [3.8, 4) is 0 Å². The first kappa shape index (κ1) is 14.8. The molecule has 1 atom stereocenters. The van der Waals surface area contributed by atoms with E-state index in [-0.39, 0.29) is 11.9 Å². The van der Waals surface area contributed by atoms with Crippen LogP contribution in [0.5, 0.6) is 0 Å². The molecular weight excluding hydrogens is 276 g/mol. The van der Waals surface area contributed by atoms with Crippen LogP contribution in [0.4, 0.5) is 0 Å². The minimum Gasteiger partial charge on any atom is -0.350 e. The topological polar surface area (TPSA) is 59.0 Å². The minimum atomic E-state index is -0.0465. The Morgan fingerprint density at radius 2 is 2.27 bits per heavy atom. The van der Waals surface area contributed by atoms with Gasteiger partial charge in [-0.05, 0) is 30.5 Å². The Labute approximate surface area is 130 Å². The maximum Gasteiger partial charge on any atom is 0.254 e. The Bertz CT molecular complexity index is 677. The van der Waals surface area contributed by atoms with E-state index in [2.05, 4.69) is 40.0 Å². The first-order valence-corrected chi connectivity index (χ1v) is 7.81. The van der Waals surface area contributed by atoms with E-state index in [1.807, 2.05) is 14.0 Å². The fourth-order valence-electron chi connectivity index (χ4n) is 3.05. The molecule has 2 heterocycles. The van der Waals surface area contributed by atoms with E-state index in [0.29, 0.717) is 12.1 Å². The molecule has 0 saturated carbocycles. The molecule has 2 N–H and O–H groups in total. The van der Waals surface area contributed by atoms with Crippen molar-refractivity contribution in [1.82, 2.24) is 20.4 Å². The number of benzene rings is 1. The lowest BCUT2D eigenvalue weighted by molar-refractivity contribution is 0.0948. The van der Waals surface area contributed by atoms with E-state index in [4.69, 9.17) is 0 Å². The number of hydrogen-bond acceptors (Lipinski definition) is 3. The fraction of sp³-hybridized carbons (Fsp3) is 0.412. The van der Waals surface area contributed by atoms with Crippen LogP contribution in [0.1, 0.15) is 40.1 Å². The van der Waals surface area contributed by atoms with Crippen LogP contribution in [0.15, 0.2) is 30.5 Å². The molecule has 0 aliphatic carbocycles. The molecule has 1 unspecified atom stereocenters. The van der Waals surface area contributed by atoms with E-state index in [0.717, 1.165) is 25.1 Å². The summed E-state index contributed by atoms with van der Waals surface area (Å²) < 4.78 is 1.70. The predicted molar refractivity (Wildman–Crippen MR) is 85.8 cm³/mol. The summed E-state index contributed by atoms with van der Waals surface area (Å²) in [5.41, 5.74) is 4.18. The van der Waals surface area contributed by atoms with Crippen LogP contribution < -0.4 is 10.6 Å². The maximum atomic E-state index is 12.4. The summed E-state index contributed by atoms with van der Waals surface area (Å²) in [6.45, 7) is 3.55. The second kappa shape index (κ2) is 6.32. The van der Waals surface area contributed by atoms with Crippen molar-refractivity contribution in [3.05, 3.63) is 52.8 Å². The van der Waals surface area contributed by atoms with E-state index in [1.54, 1.807) is 10.9 Å². The zero-order valence-corrected chi connectivity index (χ0v) is 13.1. The van der Waals surface area contributed by atoms with E-state index < -0.39 is 0 Å². The molecule has 1 aromatic carbocycles. The summed E-state index contributed by atoms with van der Waals surface area (Å²) in [6, 6.07) is 8.61. The highest BCUT2D eigenvalue weighted by Gasteiger charge is 2.21. The van der Waals surface area contributed by atoms with E-state index in [9.17, 15) is 4.79 Å². The molecule has 116 valence electrons. The van der Waals surface area contributed by atoms with Crippen molar-refractivity contribution in [2.24, 2.45) is 7.05 Å². The molecule has 1 aromatic heterocycles. The zero-order chi connectivity index (χ0) is 15.5. The van der Waals surface area contributed by atoms with Gasteiger partial charge in [0.05, 0.1) is 11.3 Å². The lowest BCUT2D eigenvalue weighted by Gasteiger charge is -2.27. The van der Waals surface area contributed by atoms with Gasteiger partial charge in [-0.1, -0.05) is 31.2 Å². The fourth-order valence-corrected chi connectivity index (χ4v) is 3.05. The van der Waals surface area contributed by atoms with Gasteiger partial charge in [-0.25, -0.2) is 0 Å². The molecule has 2 aromatic rings. The monoisotopic (exact) mass is 298 g/mol. The molecule has 5 heteroatoms. The summed E-state index contributed by atoms with van der Waals surface area (Å²) in [4.78, 5) is 12.4. The maximum absolute atomic E-state index is 12.4. The number of aryl methyl sites for hydroxylation is 2. The number of nitrogens with one attached hydrogen (secondary N) is 2. The van der Waals surface area contributed by atoms with Gasteiger partial charge in [0.15, 0.2) is 0 Å². The van der Waals surface area contributed by atoms with Gasteiger partial charge in [-0.2, -0.15) is 5.10 Å². The van der Waals surface area contributed by atoms with Crippen molar-refractivity contribution in [3.63, 3.8) is 0 Å². The standard InChI is InChI=1S/C17H22N4O/c1-3-15-14(11-21(2)20-15)17(22)19-10-16-13-7-5-4-6-12(13)8-9-18-16/h4-7,11,16,18H,3,8-10H2,1-2H3,(H,19,22). The summed E-state index contributed by atoms with van der Waals surface area (Å²) >= 11 is 0. The molecule has 1 amide bonds. The lowest BCUT2D eigenvalue weighted by atomic mass is 9.94. The SMILES string of the molecule is CCc1nn(C)cc1C(=O)NCC1NCCc2ccccc21. The molecule has 1 aliphatic rings. The molecule has 0 saturated heterocycles. The summed E-state index contributed by atoms with van der Waals surface area (Å²) in [5.74, 6) is -0.0465. The predicted octanol–water partition coefficient (Wildman–Crippen LogP) is 1.60. The molecule has 22 heavy (non-hydrogen) atoms. The minimum absolute atomic E-state index is 0.0465. The molecule has 0 fully saturated rings. The average Bonchev–Trinajstić information content (AvgIpc) is 2.93. The van der Waals surface area contributed by atoms with Crippen molar-refractivity contribution < 1.29 is 4.79 Å². The smallest absolute Gasteiger partial charge is 0.254 e. The third kappa shape index (κ3) is 2.90. The highest BCUT2D eigenvalue weighted by molar-refractivity contribution is 5.95. The quantitative estimate of drug-likeness (QED) is 0.901. The number of nitrogens with zero attached hydrogens (tertiary/aromatic N) is 2. The lowest BCUT2D eigenvalue weighted by Crippen LogP contribution is -2.39. The largest absolute Gasteiger partial charge is 0.350 e. The van der Waals surface area contributed by atoms with Crippen LogP contribution in [-0.4, -0.2) is 28.8 Å². The molecule has 0 bridgehead atoms. The second-order valence-corrected chi connectivity index (χ2v) is 5.68. The first-order valence-electron chi connectivity index (χ1n) is 7.81. The van der Waals surface area contributed by atoms with Crippen molar-refractivity contribution >= 4 is 5.91 Å². The van der Waals surface area contributed by atoms with E-state index >= 15 is 0 Å². The Morgan fingerprint density at radius 1 is 1.45 bits per heavy atom. The Balaban J connectivity index is 1.69. The Hall–Kier alpha value is -2.14. The number of fused-ring (bicyclic) bond motifs is 1. The molecular formula is C17H22N4O. The van der Waals surface area contributed by atoms with E-state index in [1.165, 1.54) is 11.1 Å². The molecule has 1 aliphatic heterocycles. The summed E-state index contributed by atoms with van der Waals surface area (Å²) in [5, 5.41) is 10.8. The van der Waals surface area contributed by atoms with Gasteiger partial charge in [-0.15, -0.1) is 0 Å². The third-order valence-electron chi connectivity index (χ3n) is 4.17. The van der Waals surface area contributed by atoms with Crippen LogP contribution >= 0.6 is 0 Å². The normalized spacial score (nSPS) is 17.1. The van der Waals surface area contributed by atoms with Gasteiger partial charge in [0.1, 0.15) is 0 Å². The molecule has 5 nitrogen and oxygen atoms in total.